The lowest BCUT2D eigenvalue weighted by atomic mass is 10.0. The van der Waals surface area contributed by atoms with Gasteiger partial charge in [-0.2, -0.15) is 12.7 Å². The number of para-hydroxylation sites is 1. The average Bonchev–Trinajstić information content (AvgIpc) is 2.56. The first-order chi connectivity index (χ1) is 11.0. The fourth-order valence-electron chi connectivity index (χ4n) is 2.92. The summed E-state index contributed by atoms with van der Waals surface area (Å²) in [5.41, 5.74) is 1.03. The molecule has 1 N–H and O–H groups in total. The van der Waals surface area contributed by atoms with Crippen LogP contribution in [0.1, 0.15) is 30.9 Å². The van der Waals surface area contributed by atoms with Crippen molar-refractivity contribution in [2.24, 2.45) is 0 Å². The molecule has 1 unspecified atom stereocenters. The lowest BCUT2D eigenvalue weighted by Gasteiger charge is -2.35. The van der Waals surface area contributed by atoms with Gasteiger partial charge in [-0.3, -0.25) is 4.90 Å². The van der Waals surface area contributed by atoms with Crippen LogP contribution in [0.2, 0.25) is 0 Å². The van der Waals surface area contributed by atoms with Gasteiger partial charge in [-0.1, -0.05) is 24.6 Å². The van der Waals surface area contributed by atoms with Gasteiger partial charge >= 0.3 is 0 Å². The Morgan fingerprint density at radius 3 is 2.48 bits per heavy atom. The first-order valence-corrected chi connectivity index (χ1v) is 9.44. The Hall–Kier alpha value is -1.15. The summed E-state index contributed by atoms with van der Waals surface area (Å²) in [6.45, 7) is 2.29. The second-order valence-electron chi connectivity index (χ2n) is 5.99. The van der Waals surface area contributed by atoms with Crippen molar-refractivity contribution in [2.45, 2.75) is 25.3 Å². The Morgan fingerprint density at radius 1 is 1.22 bits per heavy atom. The molecule has 0 aliphatic carbocycles. The molecule has 0 amide bonds. The normalized spacial score (nSPS) is 18.1. The maximum atomic E-state index is 12.1. The Bertz CT molecular complexity index is 598. The standard InChI is InChI=1S/C16H27N3O3S/c1-18(2)23(20,21)17-13-15(19-11-7-4-8-12-19)14-9-5-6-10-16(14)22-3/h5-6,9-10,15,17H,4,7-8,11-13H2,1-3H3. The van der Waals surface area contributed by atoms with Crippen LogP contribution < -0.4 is 9.46 Å². The van der Waals surface area contributed by atoms with Crippen LogP contribution in [0, 0.1) is 0 Å². The zero-order chi connectivity index (χ0) is 16.9. The molecule has 7 heteroatoms. The van der Waals surface area contributed by atoms with Gasteiger partial charge in [0, 0.05) is 26.2 Å². The first-order valence-electron chi connectivity index (χ1n) is 8.00. The van der Waals surface area contributed by atoms with E-state index in [9.17, 15) is 8.42 Å². The maximum absolute atomic E-state index is 12.1. The van der Waals surface area contributed by atoms with Crippen molar-refractivity contribution in [3.63, 3.8) is 0 Å². The molecule has 23 heavy (non-hydrogen) atoms. The number of hydrogen-bond donors (Lipinski definition) is 1. The van der Waals surface area contributed by atoms with E-state index < -0.39 is 10.2 Å². The summed E-state index contributed by atoms with van der Waals surface area (Å²) in [4.78, 5) is 2.35. The summed E-state index contributed by atoms with van der Waals surface area (Å²) in [5.74, 6) is 0.798. The molecule has 1 fully saturated rings. The third kappa shape index (κ3) is 4.67. The monoisotopic (exact) mass is 341 g/mol. The Kier molecular flexibility index (Phi) is 6.41. The van der Waals surface area contributed by atoms with Crippen molar-refractivity contribution < 1.29 is 13.2 Å². The van der Waals surface area contributed by atoms with Crippen molar-refractivity contribution in [1.82, 2.24) is 13.9 Å². The highest BCUT2D eigenvalue weighted by molar-refractivity contribution is 7.87. The van der Waals surface area contributed by atoms with Gasteiger partial charge in [0.2, 0.25) is 0 Å². The van der Waals surface area contributed by atoms with E-state index >= 15 is 0 Å². The van der Waals surface area contributed by atoms with E-state index in [-0.39, 0.29) is 6.04 Å². The summed E-state index contributed by atoms with van der Waals surface area (Å²) in [7, 11) is 1.26. The molecular weight excluding hydrogens is 314 g/mol. The number of piperidine rings is 1. The van der Waals surface area contributed by atoms with Crippen molar-refractivity contribution >= 4 is 10.2 Å². The third-order valence-electron chi connectivity index (χ3n) is 4.27. The van der Waals surface area contributed by atoms with Crippen LogP contribution in [0.3, 0.4) is 0 Å². The second kappa shape index (κ2) is 8.10. The van der Waals surface area contributed by atoms with Gasteiger partial charge in [0.25, 0.3) is 10.2 Å². The molecule has 1 aromatic rings. The van der Waals surface area contributed by atoms with Crippen LogP contribution in [0.5, 0.6) is 5.75 Å². The highest BCUT2D eigenvalue weighted by atomic mass is 32.2. The molecule has 1 aliphatic heterocycles. The zero-order valence-corrected chi connectivity index (χ0v) is 15.0. The largest absolute Gasteiger partial charge is 0.496 e. The number of methoxy groups -OCH3 is 1. The molecule has 130 valence electrons. The molecule has 1 heterocycles. The number of nitrogens with zero attached hydrogens (tertiary/aromatic N) is 2. The zero-order valence-electron chi connectivity index (χ0n) is 14.2. The fraction of sp³-hybridized carbons (Fsp3) is 0.625. The van der Waals surface area contributed by atoms with Gasteiger partial charge in [0.15, 0.2) is 0 Å². The van der Waals surface area contributed by atoms with Crippen LogP contribution in [-0.4, -0.2) is 58.5 Å². The van der Waals surface area contributed by atoms with Crippen molar-refractivity contribution in [3.05, 3.63) is 29.8 Å². The second-order valence-corrected chi connectivity index (χ2v) is 7.96. The van der Waals surface area contributed by atoms with E-state index in [0.29, 0.717) is 6.54 Å². The quantitative estimate of drug-likeness (QED) is 0.819. The van der Waals surface area contributed by atoms with E-state index in [1.54, 1.807) is 7.11 Å². The summed E-state index contributed by atoms with van der Waals surface area (Å²) in [6.07, 6.45) is 3.52. The number of nitrogens with one attached hydrogen (secondary N) is 1. The van der Waals surface area contributed by atoms with Crippen LogP contribution in [-0.2, 0) is 10.2 Å². The molecule has 0 radical (unpaired) electrons. The third-order valence-corrected chi connectivity index (χ3v) is 5.76. The van der Waals surface area contributed by atoms with Gasteiger partial charge in [0.05, 0.1) is 13.2 Å². The lowest BCUT2D eigenvalue weighted by Crippen LogP contribution is -2.43. The molecule has 0 saturated carbocycles. The minimum atomic E-state index is -3.44. The van der Waals surface area contributed by atoms with Crippen LogP contribution in [0.25, 0.3) is 0 Å². The lowest BCUT2D eigenvalue weighted by molar-refractivity contribution is 0.162. The summed E-state index contributed by atoms with van der Waals surface area (Å²) in [6, 6.07) is 7.81. The number of ether oxygens (including phenoxy) is 1. The molecule has 0 bridgehead atoms. The van der Waals surface area contributed by atoms with Gasteiger partial charge < -0.3 is 4.74 Å². The van der Waals surface area contributed by atoms with Gasteiger partial charge in [-0.15, -0.1) is 0 Å². The van der Waals surface area contributed by atoms with E-state index in [4.69, 9.17) is 4.74 Å². The first kappa shape index (κ1) is 18.2. The number of hydrogen-bond acceptors (Lipinski definition) is 4. The molecule has 6 nitrogen and oxygen atoms in total. The molecule has 1 atom stereocenters. The minimum absolute atomic E-state index is 0.0267. The van der Waals surface area contributed by atoms with Crippen LogP contribution in [0.15, 0.2) is 24.3 Å². The van der Waals surface area contributed by atoms with Crippen molar-refractivity contribution in [3.8, 4) is 5.75 Å². The van der Waals surface area contributed by atoms with Gasteiger partial charge in [0.1, 0.15) is 5.75 Å². The predicted octanol–water partition coefficient (Wildman–Crippen LogP) is 1.62. The Labute approximate surface area is 139 Å². The molecule has 0 spiro atoms. The van der Waals surface area contributed by atoms with Gasteiger partial charge in [-0.05, 0) is 32.0 Å². The molecule has 2 rings (SSSR count). The van der Waals surface area contributed by atoms with E-state index in [0.717, 1.165) is 37.2 Å². The molecule has 0 aromatic heterocycles. The van der Waals surface area contributed by atoms with Crippen LogP contribution >= 0.6 is 0 Å². The fourth-order valence-corrected chi connectivity index (χ4v) is 3.55. The summed E-state index contributed by atoms with van der Waals surface area (Å²) in [5, 5.41) is 0. The molecule has 1 aliphatic rings. The number of rotatable bonds is 7. The molecule has 1 saturated heterocycles. The number of likely N-dealkylation sites (tertiary alicyclic amines) is 1. The SMILES string of the molecule is COc1ccccc1C(CNS(=O)(=O)N(C)C)N1CCCCC1. The smallest absolute Gasteiger partial charge is 0.278 e. The Morgan fingerprint density at radius 2 is 1.87 bits per heavy atom. The van der Waals surface area contributed by atoms with E-state index in [1.165, 1.54) is 24.8 Å². The van der Waals surface area contributed by atoms with Crippen molar-refractivity contribution in [2.75, 3.05) is 40.8 Å². The predicted molar refractivity (Wildman–Crippen MR) is 91.8 cm³/mol. The average molecular weight is 341 g/mol. The summed E-state index contributed by atoms with van der Waals surface area (Å²) < 4.78 is 33.5. The van der Waals surface area contributed by atoms with Gasteiger partial charge in [-0.25, -0.2) is 4.72 Å². The van der Waals surface area contributed by atoms with Crippen molar-refractivity contribution in [1.29, 1.82) is 0 Å². The van der Waals surface area contributed by atoms with Crippen LogP contribution in [0.4, 0.5) is 0 Å². The summed E-state index contributed by atoms with van der Waals surface area (Å²) >= 11 is 0. The maximum Gasteiger partial charge on any atom is 0.278 e. The highest BCUT2D eigenvalue weighted by Crippen LogP contribution is 2.31. The number of benzene rings is 1. The molecular formula is C16H27N3O3S. The van der Waals surface area contributed by atoms with E-state index in [1.807, 2.05) is 24.3 Å². The topological polar surface area (TPSA) is 61.9 Å². The molecule has 1 aromatic carbocycles. The van der Waals surface area contributed by atoms with E-state index in [2.05, 4.69) is 9.62 Å². The highest BCUT2D eigenvalue weighted by Gasteiger charge is 2.26. The Balaban J connectivity index is 2.24. The minimum Gasteiger partial charge on any atom is -0.496 e.